The monoisotopic (exact) mass is 730 g/mol. The normalized spacial score (nSPS) is 23.9. The molecule has 280 valence electrons. The number of aromatic nitrogens is 2. The van der Waals surface area contributed by atoms with Crippen molar-refractivity contribution in [2.75, 3.05) is 55.8 Å². The molecule has 1 unspecified atom stereocenters. The lowest BCUT2D eigenvalue weighted by Gasteiger charge is -2.37. The van der Waals surface area contributed by atoms with Gasteiger partial charge in [-0.05, 0) is 68.5 Å². The number of nitrogens with one attached hydrogen (secondary N) is 1. The number of fused-ring (bicyclic) bond motifs is 2. The first-order chi connectivity index (χ1) is 25.5. The molecule has 0 bridgehead atoms. The second-order valence-corrected chi connectivity index (χ2v) is 14.6. The van der Waals surface area contributed by atoms with E-state index in [9.17, 15) is 19.1 Å². The van der Waals surface area contributed by atoms with Crippen LogP contribution in [0.25, 0.3) is 10.8 Å². The number of phenolic OH excluding ortho intramolecular Hbond substituents is 1. The van der Waals surface area contributed by atoms with Gasteiger partial charge >= 0.3 is 12.1 Å². The van der Waals surface area contributed by atoms with Gasteiger partial charge in [-0.2, -0.15) is 9.97 Å². The van der Waals surface area contributed by atoms with Crippen molar-refractivity contribution in [2.45, 2.75) is 69.7 Å². The highest BCUT2D eigenvalue weighted by Gasteiger charge is 2.44. The van der Waals surface area contributed by atoms with E-state index in [-0.39, 0.29) is 65.7 Å². The van der Waals surface area contributed by atoms with Gasteiger partial charge in [0.05, 0.1) is 23.3 Å². The largest absolute Gasteiger partial charge is 0.508 e. The lowest BCUT2D eigenvalue weighted by atomic mass is 9.95. The molecule has 2 N–H and O–H groups in total. The van der Waals surface area contributed by atoms with Crippen LogP contribution in [0.1, 0.15) is 56.7 Å². The van der Waals surface area contributed by atoms with Crippen molar-refractivity contribution in [3.63, 3.8) is 0 Å². The molecule has 4 aliphatic heterocycles. The molecule has 0 radical (unpaired) electrons. The third-order valence-corrected chi connectivity index (χ3v) is 10.8. The van der Waals surface area contributed by atoms with Crippen LogP contribution in [0.4, 0.5) is 25.1 Å². The fraction of sp³-hybridized carbons (Fsp3) is 0.487. The summed E-state index contributed by atoms with van der Waals surface area (Å²) in [5.74, 6) is 2.10. The smallest absolute Gasteiger partial charge is 0.420 e. The number of hydrogen-bond acceptors (Lipinski definition) is 10. The Kier molecular flexibility index (Phi) is 10.4. The number of nitrogens with zero attached hydrogens (tertiary/aromatic N) is 5. The summed E-state index contributed by atoms with van der Waals surface area (Å²) in [5, 5.41) is 14.3. The van der Waals surface area contributed by atoms with Crippen LogP contribution in [-0.2, 0) is 16.1 Å². The van der Waals surface area contributed by atoms with Crippen molar-refractivity contribution >= 4 is 34.3 Å². The lowest BCUT2D eigenvalue weighted by molar-refractivity contribution is -0.117. The zero-order chi connectivity index (χ0) is 37.3. The fourth-order valence-electron chi connectivity index (χ4n) is 8.00. The van der Waals surface area contributed by atoms with E-state index in [0.29, 0.717) is 55.7 Å². The molecule has 2 aromatic carbocycles. The second-order valence-electron chi connectivity index (χ2n) is 14.6. The van der Waals surface area contributed by atoms with Gasteiger partial charge in [0.25, 0.3) is 0 Å². The molecule has 0 saturated carbocycles. The molecule has 3 fully saturated rings. The Bertz CT molecular complexity index is 1950. The predicted molar refractivity (Wildman–Crippen MR) is 194 cm³/mol. The van der Waals surface area contributed by atoms with Gasteiger partial charge in [0, 0.05) is 63.3 Å². The first-order valence-electron chi connectivity index (χ1n) is 18.1. The van der Waals surface area contributed by atoms with Gasteiger partial charge in [0.1, 0.15) is 30.0 Å². The van der Waals surface area contributed by atoms with Gasteiger partial charge < -0.3 is 29.5 Å². The van der Waals surface area contributed by atoms with Crippen LogP contribution in [0.5, 0.6) is 17.5 Å². The van der Waals surface area contributed by atoms with Crippen LogP contribution in [0.15, 0.2) is 36.9 Å². The standard InChI is InChI=1S/C39H44F2N6O6/c1-4-29-30(41)10-9-25-16-28(48)17-32(34(25)29)47-22-31-35(53-38(47)50)36(45-13-7-6-8-27(21-45)42-33(49)5-2)44-37(43-31)52-23-39(3)18-26(40)20-46(39)19-24-11-14-51-15-12-24/h1,5,9-10,16-17,24,26-27,48H,2,6-8,11-15,18-23H2,3H3,(H,42,49)/t26-,27?,39+/m1/s1. The highest BCUT2D eigenvalue weighted by molar-refractivity contribution is 6.06. The molecule has 2 amide bonds. The Balaban J connectivity index is 1.25. The van der Waals surface area contributed by atoms with Gasteiger partial charge in [-0.1, -0.05) is 18.6 Å². The van der Waals surface area contributed by atoms with Crippen LogP contribution < -0.4 is 24.6 Å². The van der Waals surface area contributed by atoms with Crippen LogP contribution in [0, 0.1) is 24.1 Å². The third kappa shape index (κ3) is 7.59. The summed E-state index contributed by atoms with van der Waals surface area (Å²) in [7, 11) is 0. The van der Waals surface area contributed by atoms with E-state index in [4.69, 9.17) is 30.6 Å². The van der Waals surface area contributed by atoms with E-state index in [2.05, 4.69) is 22.7 Å². The molecule has 12 nitrogen and oxygen atoms in total. The van der Waals surface area contributed by atoms with Gasteiger partial charge in [-0.3, -0.25) is 14.6 Å². The average Bonchev–Trinajstić information content (AvgIpc) is 3.26. The first-order valence-corrected chi connectivity index (χ1v) is 18.1. The van der Waals surface area contributed by atoms with Crippen molar-refractivity contribution in [1.82, 2.24) is 20.2 Å². The van der Waals surface area contributed by atoms with Crippen molar-refractivity contribution in [2.24, 2.45) is 5.92 Å². The van der Waals surface area contributed by atoms with E-state index in [1.54, 1.807) is 0 Å². The molecule has 0 aliphatic carbocycles. The molecule has 4 aliphatic rings. The number of phenols is 1. The molecule has 3 saturated heterocycles. The Labute approximate surface area is 307 Å². The summed E-state index contributed by atoms with van der Waals surface area (Å²) in [6, 6.07) is 5.23. The van der Waals surface area contributed by atoms with Crippen molar-refractivity contribution in [3.05, 3.63) is 54.0 Å². The van der Waals surface area contributed by atoms with E-state index < -0.39 is 23.6 Å². The molecule has 3 aromatic rings. The number of halogens is 2. The Morgan fingerprint density at radius 2 is 2.04 bits per heavy atom. The number of ether oxygens (including phenoxy) is 3. The van der Waals surface area contributed by atoms with Crippen LogP contribution in [-0.4, -0.2) is 95.7 Å². The van der Waals surface area contributed by atoms with E-state index in [1.807, 2.05) is 11.8 Å². The number of alkyl halides is 1. The molecular weight excluding hydrogens is 686 g/mol. The number of carbonyl (C=O) groups excluding carboxylic acids is 2. The maximum absolute atomic E-state index is 15.0. The van der Waals surface area contributed by atoms with E-state index >= 15 is 4.39 Å². The molecule has 5 heterocycles. The van der Waals surface area contributed by atoms with Crippen LogP contribution in [0.3, 0.4) is 0 Å². The predicted octanol–water partition coefficient (Wildman–Crippen LogP) is 5.24. The number of anilines is 2. The summed E-state index contributed by atoms with van der Waals surface area (Å²) in [4.78, 5) is 41.0. The van der Waals surface area contributed by atoms with E-state index in [1.165, 1.54) is 35.2 Å². The molecule has 1 aromatic heterocycles. The summed E-state index contributed by atoms with van der Waals surface area (Å²) in [6.07, 6.45) is 9.61. The highest BCUT2D eigenvalue weighted by atomic mass is 19.1. The number of terminal acetylenes is 1. The minimum absolute atomic E-state index is 0.0123. The van der Waals surface area contributed by atoms with Gasteiger partial charge in [-0.15, -0.1) is 6.42 Å². The minimum Gasteiger partial charge on any atom is -0.508 e. The van der Waals surface area contributed by atoms with E-state index in [0.717, 1.165) is 38.6 Å². The van der Waals surface area contributed by atoms with Gasteiger partial charge in [-0.25, -0.2) is 13.6 Å². The second kappa shape index (κ2) is 15.2. The third-order valence-electron chi connectivity index (χ3n) is 10.8. The molecule has 3 atom stereocenters. The summed E-state index contributed by atoms with van der Waals surface area (Å²) < 4.78 is 47.9. The zero-order valence-corrected chi connectivity index (χ0v) is 29.8. The van der Waals surface area contributed by atoms with Crippen LogP contribution >= 0.6 is 0 Å². The number of benzene rings is 2. The number of aromatic hydroxyl groups is 1. The molecule has 7 rings (SSSR count). The molecule has 14 heteroatoms. The molecular formula is C39H44F2N6O6. The Morgan fingerprint density at radius 3 is 2.81 bits per heavy atom. The highest BCUT2D eigenvalue weighted by Crippen LogP contribution is 2.42. The minimum atomic E-state index is -1.01. The lowest BCUT2D eigenvalue weighted by Crippen LogP contribution is -2.48. The number of likely N-dealkylation sites (tertiary alicyclic amines) is 1. The molecule has 53 heavy (non-hydrogen) atoms. The summed E-state index contributed by atoms with van der Waals surface area (Å²) in [6.45, 7) is 8.88. The average molecular weight is 731 g/mol. The summed E-state index contributed by atoms with van der Waals surface area (Å²) in [5.41, 5.74) is -0.255. The maximum Gasteiger partial charge on any atom is 0.420 e. The van der Waals surface area contributed by atoms with Gasteiger partial charge in [0.15, 0.2) is 11.6 Å². The first kappa shape index (κ1) is 36.4. The SMILES string of the molecule is C#Cc1c(F)ccc2cc(O)cc(N3Cc4nc(OC[C@]5(C)C[C@@H](F)CN5CC5CCOCC5)nc(N5CCCCC(NC(=O)C=C)C5)c4OC3=O)c12. The number of rotatable bonds is 9. The van der Waals surface area contributed by atoms with Crippen LogP contribution in [0.2, 0.25) is 0 Å². The zero-order valence-electron chi connectivity index (χ0n) is 29.8. The fourth-order valence-corrected chi connectivity index (χ4v) is 8.00. The number of amides is 2. The number of hydrogen-bond donors (Lipinski definition) is 2. The molecule has 0 spiro atoms. The Hall–Kier alpha value is -5.00. The van der Waals surface area contributed by atoms with Crippen molar-refractivity contribution < 1.29 is 37.7 Å². The number of carbonyl (C=O) groups is 2. The Morgan fingerprint density at radius 1 is 1.23 bits per heavy atom. The topological polar surface area (TPSA) is 130 Å². The maximum atomic E-state index is 15.0. The quantitative estimate of drug-likeness (QED) is 0.223. The summed E-state index contributed by atoms with van der Waals surface area (Å²) >= 11 is 0. The van der Waals surface area contributed by atoms with Crippen molar-refractivity contribution in [3.8, 4) is 29.9 Å². The van der Waals surface area contributed by atoms with Crippen molar-refractivity contribution in [1.29, 1.82) is 0 Å². The van der Waals surface area contributed by atoms with Gasteiger partial charge in [0.2, 0.25) is 5.91 Å².